The Bertz CT molecular complexity index is 167. The van der Waals surface area contributed by atoms with Crippen LogP contribution in [-0.2, 0) is 4.79 Å². The first kappa shape index (κ1) is 29.6. The van der Waals surface area contributed by atoms with E-state index in [0.29, 0.717) is 0 Å². The van der Waals surface area contributed by atoms with Crippen LogP contribution >= 0.6 is 0 Å². The quantitative estimate of drug-likeness (QED) is 0.391. The second-order valence-electron chi connectivity index (χ2n) is 1.58. The molecule has 0 aliphatic rings. The molecular formula is C3H6N3O10Sm. The number of carbonyl (C=O) groups is 1. The first-order valence-electron chi connectivity index (χ1n) is 2.85. The molecular weight excluding hydrogens is 388 g/mol. The molecule has 0 aliphatic heterocycles. The molecule has 0 spiro atoms. The maximum absolute atomic E-state index is 9.44. The standard InChI is InChI=1S/C3H6O.3NO3.Sm/c1-3(2)4;3*2-1(3)4;/h1-2H3;;;;/q;3*-1;+3. The van der Waals surface area contributed by atoms with Crippen molar-refractivity contribution in [1.29, 1.82) is 0 Å². The topological polar surface area (TPSA) is 216 Å². The Morgan fingerprint density at radius 3 is 0.706 bits per heavy atom. The number of ketones is 1. The van der Waals surface area contributed by atoms with Gasteiger partial charge in [0.25, 0.3) is 0 Å². The van der Waals surface area contributed by atoms with Crippen molar-refractivity contribution in [3.8, 4) is 0 Å². The van der Waals surface area contributed by atoms with Crippen LogP contribution in [0.3, 0.4) is 0 Å². The van der Waals surface area contributed by atoms with Gasteiger partial charge in [-0.05, 0) is 13.8 Å². The zero-order valence-corrected chi connectivity index (χ0v) is 11.0. The molecule has 0 fully saturated rings. The average Bonchev–Trinajstić information content (AvgIpc) is 1.76. The van der Waals surface area contributed by atoms with Gasteiger partial charge in [-0.3, -0.25) is 0 Å². The van der Waals surface area contributed by atoms with Crippen LogP contribution in [0, 0.1) is 86.4 Å². The molecule has 1 radical (unpaired) electrons. The molecule has 0 rings (SSSR count). The first-order valence-corrected chi connectivity index (χ1v) is 2.85. The van der Waals surface area contributed by atoms with Gasteiger partial charge in [-0.15, -0.1) is 0 Å². The van der Waals surface area contributed by atoms with Gasteiger partial charge in [0, 0.05) is 0 Å². The van der Waals surface area contributed by atoms with Gasteiger partial charge in [0.1, 0.15) is 5.78 Å². The Morgan fingerprint density at radius 1 is 0.706 bits per heavy atom. The van der Waals surface area contributed by atoms with E-state index in [9.17, 15) is 4.79 Å². The number of Topliss-reactive ketones (excluding diaryl/α,β-unsaturated/α-hetero) is 1. The van der Waals surface area contributed by atoms with Crippen molar-refractivity contribution in [2.24, 2.45) is 0 Å². The number of hydrogen-bond acceptors (Lipinski definition) is 10. The van der Waals surface area contributed by atoms with Crippen LogP contribution in [0.15, 0.2) is 0 Å². The van der Waals surface area contributed by atoms with Crippen molar-refractivity contribution in [2.75, 3.05) is 0 Å². The predicted octanol–water partition coefficient (Wildman–Crippen LogP) is -0.122. The summed E-state index contributed by atoms with van der Waals surface area (Å²) in [6.07, 6.45) is 0. The summed E-state index contributed by atoms with van der Waals surface area (Å²) in [7, 11) is 0. The van der Waals surface area contributed by atoms with Gasteiger partial charge >= 0.3 is 40.4 Å². The van der Waals surface area contributed by atoms with Crippen molar-refractivity contribution in [1.82, 2.24) is 0 Å². The third-order valence-corrected chi connectivity index (χ3v) is 0. The summed E-state index contributed by atoms with van der Waals surface area (Å²) in [5.74, 6) is 0.167. The number of hydrogen-bond donors (Lipinski definition) is 0. The average molecular weight is 394 g/mol. The summed E-state index contributed by atoms with van der Waals surface area (Å²) in [6, 6.07) is 0. The smallest absolute Gasteiger partial charge is 0.356 e. The Labute approximate surface area is 125 Å². The summed E-state index contributed by atoms with van der Waals surface area (Å²) in [6.45, 7) is 3.06. The Balaban J connectivity index is -0.0000000369. The molecule has 14 heteroatoms. The van der Waals surface area contributed by atoms with Gasteiger partial charge in [0.2, 0.25) is 0 Å². The minimum absolute atomic E-state index is 0. The van der Waals surface area contributed by atoms with Gasteiger partial charge in [0.15, 0.2) is 0 Å². The number of nitrogens with zero attached hydrogens (tertiary/aromatic N) is 3. The van der Waals surface area contributed by atoms with E-state index < -0.39 is 15.3 Å². The molecule has 0 aromatic heterocycles. The van der Waals surface area contributed by atoms with Crippen molar-refractivity contribution in [2.45, 2.75) is 13.8 Å². The third kappa shape index (κ3) is 1200. The van der Waals surface area contributed by atoms with E-state index >= 15 is 0 Å². The molecule has 0 bridgehead atoms. The van der Waals surface area contributed by atoms with E-state index in [1.165, 1.54) is 13.8 Å². The molecule has 0 saturated heterocycles. The zero-order valence-electron chi connectivity index (χ0n) is 8.33. The molecule has 0 heterocycles. The predicted molar refractivity (Wildman–Crippen MR) is 47.4 cm³/mol. The van der Waals surface area contributed by atoms with Crippen LogP contribution in [0.5, 0.6) is 0 Å². The van der Waals surface area contributed by atoms with Crippen LogP contribution in [0.1, 0.15) is 13.8 Å². The molecule has 0 aromatic rings. The SMILES string of the molecule is CC(C)=O.O=[N+]([O-])[O-].O=[N+]([O-])[O-].O=[N+]([O-])[O-].[Sm+3]. The van der Waals surface area contributed by atoms with Crippen molar-refractivity contribution in [3.63, 3.8) is 0 Å². The van der Waals surface area contributed by atoms with Gasteiger partial charge in [-0.1, -0.05) is 0 Å². The van der Waals surface area contributed by atoms with Gasteiger partial charge < -0.3 is 50.8 Å². The molecule has 0 amide bonds. The van der Waals surface area contributed by atoms with E-state index in [2.05, 4.69) is 0 Å². The second-order valence-corrected chi connectivity index (χ2v) is 1.58. The fraction of sp³-hybridized carbons (Fsp3) is 0.667. The molecule has 0 atom stereocenters. The molecule has 0 aromatic carbocycles. The minimum Gasteiger partial charge on any atom is -0.356 e. The first-order chi connectivity index (χ1) is 6.93. The van der Waals surface area contributed by atoms with Gasteiger partial charge in [-0.25, -0.2) is 0 Å². The molecule has 13 nitrogen and oxygen atoms in total. The Kier molecular flexibility index (Phi) is 41.9. The summed E-state index contributed by atoms with van der Waals surface area (Å²) in [5, 5.41) is 44.2. The van der Waals surface area contributed by atoms with E-state index in [4.69, 9.17) is 46.0 Å². The molecule has 0 saturated carbocycles. The Morgan fingerprint density at radius 2 is 0.706 bits per heavy atom. The van der Waals surface area contributed by atoms with Crippen molar-refractivity contribution in [3.05, 3.63) is 46.0 Å². The van der Waals surface area contributed by atoms with Crippen molar-refractivity contribution < 1.29 is 60.4 Å². The Hall–Kier alpha value is -1.39. The number of carbonyl (C=O) groups excluding carboxylic acids is 1. The summed E-state index contributed by atoms with van der Waals surface area (Å²) in [4.78, 5) is 34.2. The van der Waals surface area contributed by atoms with E-state index in [1.807, 2.05) is 0 Å². The van der Waals surface area contributed by atoms with E-state index in [0.717, 1.165) is 0 Å². The zero-order chi connectivity index (χ0) is 14.3. The molecule has 17 heavy (non-hydrogen) atoms. The fourth-order valence-corrected chi connectivity index (χ4v) is 0. The fourth-order valence-electron chi connectivity index (χ4n) is 0. The van der Waals surface area contributed by atoms with Crippen molar-refractivity contribution >= 4 is 5.78 Å². The maximum atomic E-state index is 9.44. The van der Waals surface area contributed by atoms with E-state index in [1.54, 1.807) is 0 Å². The molecule has 0 aliphatic carbocycles. The third-order valence-electron chi connectivity index (χ3n) is 0. The maximum Gasteiger partial charge on any atom is 3.00 e. The summed E-state index contributed by atoms with van der Waals surface area (Å²) < 4.78 is 0. The van der Waals surface area contributed by atoms with Crippen LogP contribution < -0.4 is 0 Å². The summed E-state index contributed by atoms with van der Waals surface area (Å²) in [5.41, 5.74) is 0. The largest absolute Gasteiger partial charge is 3.00 e. The van der Waals surface area contributed by atoms with E-state index in [-0.39, 0.29) is 46.2 Å². The minimum atomic E-state index is -1.75. The molecule has 0 unspecified atom stereocenters. The second kappa shape index (κ2) is 24.0. The van der Waals surface area contributed by atoms with Crippen LogP contribution in [0.2, 0.25) is 0 Å². The summed E-state index contributed by atoms with van der Waals surface area (Å²) >= 11 is 0. The monoisotopic (exact) mass is 396 g/mol. The normalized spacial score (nSPS) is 5.76. The molecule has 0 N–H and O–H groups in total. The van der Waals surface area contributed by atoms with Crippen LogP contribution in [0.25, 0.3) is 0 Å². The van der Waals surface area contributed by atoms with Gasteiger partial charge in [0.05, 0.1) is 15.3 Å². The van der Waals surface area contributed by atoms with Crippen LogP contribution in [0.4, 0.5) is 0 Å². The van der Waals surface area contributed by atoms with Gasteiger partial charge in [-0.2, -0.15) is 0 Å². The number of rotatable bonds is 0. The molecule has 99 valence electrons. The van der Waals surface area contributed by atoms with Crippen LogP contribution in [-0.4, -0.2) is 21.0 Å².